The zero-order valence-corrected chi connectivity index (χ0v) is 12.1. The van der Waals surface area contributed by atoms with Crippen LogP contribution < -0.4 is 16.2 Å². The van der Waals surface area contributed by atoms with Crippen molar-refractivity contribution in [3.05, 3.63) is 59.7 Å². The summed E-state index contributed by atoms with van der Waals surface area (Å²) in [5.41, 5.74) is 7.04. The molecule has 0 radical (unpaired) electrons. The molecule has 1 atom stereocenters. The predicted octanol–water partition coefficient (Wildman–Crippen LogP) is 3.06. The second-order valence-electron chi connectivity index (χ2n) is 4.65. The summed E-state index contributed by atoms with van der Waals surface area (Å²) in [5.74, 6) is 5.36. The van der Waals surface area contributed by atoms with Crippen LogP contribution in [-0.2, 0) is 0 Å². The Morgan fingerprint density at radius 3 is 1.84 bits per heavy atom. The van der Waals surface area contributed by atoms with Crippen LogP contribution in [0.2, 0.25) is 0 Å². The summed E-state index contributed by atoms with van der Waals surface area (Å²) in [4.78, 5) is 2.08. The minimum atomic E-state index is 0.0723. The molecule has 0 amide bonds. The van der Waals surface area contributed by atoms with Crippen molar-refractivity contribution in [3.8, 4) is 0 Å². The van der Waals surface area contributed by atoms with Crippen LogP contribution in [0.15, 0.2) is 48.5 Å². The third-order valence-electron chi connectivity index (χ3n) is 3.12. The molecule has 0 aliphatic heterocycles. The molecule has 100 valence electrons. The van der Waals surface area contributed by atoms with E-state index in [0.717, 1.165) is 11.3 Å². The molecule has 0 saturated carbocycles. The predicted molar refractivity (Wildman–Crippen MR) is 85.9 cm³/mol. The highest BCUT2D eigenvalue weighted by molar-refractivity contribution is 7.80. The molecule has 0 heterocycles. The third-order valence-corrected chi connectivity index (χ3v) is 3.71. The van der Waals surface area contributed by atoms with Crippen LogP contribution in [-0.4, -0.2) is 14.1 Å². The van der Waals surface area contributed by atoms with E-state index < -0.39 is 0 Å². The molecule has 0 spiro atoms. The van der Waals surface area contributed by atoms with E-state index in [1.807, 2.05) is 38.4 Å². The summed E-state index contributed by atoms with van der Waals surface area (Å²) < 4.78 is 0. The summed E-state index contributed by atoms with van der Waals surface area (Å²) in [5, 5.41) is 0.0723. The van der Waals surface area contributed by atoms with E-state index in [1.54, 1.807) is 0 Å². The minimum absolute atomic E-state index is 0.0723. The van der Waals surface area contributed by atoms with E-state index in [0.29, 0.717) is 0 Å². The topological polar surface area (TPSA) is 41.3 Å². The van der Waals surface area contributed by atoms with Gasteiger partial charge in [-0.2, -0.15) is 12.6 Å². The van der Waals surface area contributed by atoms with Gasteiger partial charge in [0, 0.05) is 25.5 Å². The van der Waals surface area contributed by atoms with E-state index in [2.05, 4.69) is 34.6 Å². The Hall–Kier alpha value is -1.65. The molecule has 2 rings (SSSR count). The number of thiol groups is 1. The molecule has 2 aromatic rings. The Morgan fingerprint density at radius 1 is 0.947 bits per heavy atom. The van der Waals surface area contributed by atoms with Crippen molar-refractivity contribution in [1.82, 2.24) is 0 Å². The molecule has 19 heavy (non-hydrogen) atoms. The summed E-state index contributed by atoms with van der Waals surface area (Å²) in [6, 6.07) is 16.4. The lowest BCUT2D eigenvalue weighted by molar-refractivity contribution is 1.11. The Bertz CT molecular complexity index is 520. The molecule has 0 bridgehead atoms. The van der Waals surface area contributed by atoms with Gasteiger partial charge >= 0.3 is 0 Å². The zero-order valence-electron chi connectivity index (χ0n) is 11.2. The van der Waals surface area contributed by atoms with Crippen molar-refractivity contribution < 1.29 is 0 Å². The van der Waals surface area contributed by atoms with Crippen LogP contribution >= 0.6 is 12.6 Å². The molecule has 0 aliphatic carbocycles. The maximum atomic E-state index is 5.36. The first-order valence-corrected chi connectivity index (χ1v) is 6.65. The Balaban J connectivity index is 2.20. The Labute approximate surface area is 119 Å². The number of hydrogen-bond acceptors (Lipinski definition) is 4. The van der Waals surface area contributed by atoms with Crippen LogP contribution in [0, 0.1) is 0 Å². The van der Waals surface area contributed by atoms with Crippen molar-refractivity contribution in [3.63, 3.8) is 0 Å². The molecular formula is C15H19N3S. The summed E-state index contributed by atoms with van der Waals surface area (Å²) >= 11 is 4.69. The van der Waals surface area contributed by atoms with E-state index in [1.165, 1.54) is 11.3 Å². The second-order valence-corrected chi connectivity index (χ2v) is 5.17. The lowest BCUT2D eigenvalue weighted by Gasteiger charge is -2.16. The van der Waals surface area contributed by atoms with Crippen LogP contribution in [0.5, 0.6) is 0 Å². The highest BCUT2D eigenvalue weighted by atomic mass is 32.1. The van der Waals surface area contributed by atoms with E-state index in [9.17, 15) is 0 Å². The molecule has 4 heteroatoms. The van der Waals surface area contributed by atoms with E-state index in [4.69, 9.17) is 18.5 Å². The first-order valence-electron chi connectivity index (χ1n) is 6.13. The molecule has 2 aromatic carbocycles. The lowest BCUT2D eigenvalue weighted by Crippen LogP contribution is -2.08. The Kier molecular flexibility index (Phi) is 4.35. The fourth-order valence-corrected chi connectivity index (χ4v) is 2.25. The molecule has 0 aromatic heterocycles. The van der Waals surface area contributed by atoms with Gasteiger partial charge in [0.1, 0.15) is 0 Å². The van der Waals surface area contributed by atoms with Crippen molar-refractivity contribution in [1.29, 1.82) is 0 Å². The maximum absolute atomic E-state index is 5.36. The molecule has 3 N–H and O–H groups in total. The average molecular weight is 273 g/mol. The zero-order chi connectivity index (χ0) is 13.8. The van der Waals surface area contributed by atoms with Crippen LogP contribution in [0.3, 0.4) is 0 Å². The molecular weight excluding hydrogens is 254 g/mol. The van der Waals surface area contributed by atoms with Crippen molar-refractivity contribution in [2.24, 2.45) is 5.84 Å². The highest BCUT2D eigenvalue weighted by Gasteiger charge is 2.09. The largest absolute Gasteiger partial charge is 0.378 e. The lowest BCUT2D eigenvalue weighted by atomic mass is 10.0. The normalized spacial score (nSPS) is 12.0. The molecule has 3 nitrogen and oxygen atoms in total. The fourth-order valence-electron chi connectivity index (χ4n) is 1.91. The van der Waals surface area contributed by atoms with E-state index in [-0.39, 0.29) is 5.25 Å². The Morgan fingerprint density at radius 2 is 1.42 bits per heavy atom. The molecule has 0 saturated heterocycles. The van der Waals surface area contributed by atoms with Crippen molar-refractivity contribution in [2.45, 2.75) is 5.25 Å². The number of benzene rings is 2. The minimum Gasteiger partial charge on any atom is -0.378 e. The number of nitrogen functional groups attached to an aromatic ring is 1. The fraction of sp³-hybridized carbons (Fsp3) is 0.200. The van der Waals surface area contributed by atoms with Gasteiger partial charge in [0.15, 0.2) is 0 Å². The monoisotopic (exact) mass is 273 g/mol. The molecule has 0 aliphatic rings. The first kappa shape index (κ1) is 13.8. The number of anilines is 2. The number of hydrogen-bond donors (Lipinski definition) is 3. The van der Waals surface area contributed by atoms with Gasteiger partial charge in [0.05, 0.1) is 5.25 Å². The summed E-state index contributed by atoms with van der Waals surface area (Å²) in [7, 11) is 4.07. The second kappa shape index (κ2) is 5.99. The van der Waals surface area contributed by atoms with Gasteiger partial charge in [0.25, 0.3) is 0 Å². The van der Waals surface area contributed by atoms with Crippen molar-refractivity contribution in [2.75, 3.05) is 24.4 Å². The number of nitrogens with two attached hydrogens (primary N) is 1. The van der Waals surface area contributed by atoms with Gasteiger partial charge in [0.2, 0.25) is 0 Å². The number of rotatable bonds is 4. The van der Waals surface area contributed by atoms with Gasteiger partial charge in [-0.1, -0.05) is 24.3 Å². The first-order chi connectivity index (χ1) is 9.11. The standard InChI is InChI=1S/C15H19N3S/c1-18(2)14-9-5-12(6-10-14)15(19)11-3-7-13(17-16)8-4-11/h3-10,15,17,19H,16H2,1-2H3. The van der Waals surface area contributed by atoms with Crippen LogP contribution in [0.25, 0.3) is 0 Å². The van der Waals surface area contributed by atoms with Gasteiger partial charge in [-0.25, -0.2) is 0 Å². The van der Waals surface area contributed by atoms with Crippen LogP contribution in [0.1, 0.15) is 16.4 Å². The van der Waals surface area contributed by atoms with E-state index >= 15 is 0 Å². The summed E-state index contributed by atoms with van der Waals surface area (Å²) in [6.07, 6.45) is 0. The number of hydrazine groups is 1. The van der Waals surface area contributed by atoms with Gasteiger partial charge in [-0.05, 0) is 35.4 Å². The number of nitrogens with one attached hydrogen (secondary N) is 1. The molecule has 1 unspecified atom stereocenters. The van der Waals surface area contributed by atoms with Gasteiger partial charge in [-0.3, -0.25) is 5.84 Å². The summed E-state index contributed by atoms with van der Waals surface area (Å²) in [6.45, 7) is 0. The highest BCUT2D eigenvalue weighted by Crippen LogP contribution is 2.30. The molecule has 0 fully saturated rings. The quantitative estimate of drug-likeness (QED) is 0.455. The van der Waals surface area contributed by atoms with Crippen molar-refractivity contribution >= 4 is 24.0 Å². The number of nitrogens with zero attached hydrogens (tertiary/aromatic N) is 1. The maximum Gasteiger partial charge on any atom is 0.0516 e. The van der Waals surface area contributed by atoms with Crippen LogP contribution in [0.4, 0.5) is 11.4 Å². The smallest absolute Gasteiger partial charge is 0.0516 e. The third kappa shape index (κ3) is 3.22. The SMILES string of the molecule is CN(C)c1ccc(C(S)c2ccc(NN)cc2)cc1. The van der Waals surface area contributed by atoms with Gasteiger partial charge < -0.3 is 10.3 Å². The average Bonchev–Trinajstić information content (AvgIpc) is 2.46. The van der Waals surface area contributed by atoms with Gasteiger partial charge in [-0.15, -0.1) is 0 Å².